The number of aliphatic hydroxyl groups is 2. The monoisotopic (exact) mass is 382 g/mol. The van der Waals surface area contributed by atoms with Gasteiger partial charge in [0.25, 0.3) is 0 Å². The number of ether oxygens (including phenoxy) is 3. The standard InChI is InChI=1S/C21H34O6/c1-2-25-21(24)18-11-12-19(26-15-9-5-3-7-13-22)20(17-18)27-16-10-6-4-8-14-23/h11-12,17,22-23H,2-10,13-16H2,1H3. The van der Waals surface area contributed by atoms with Crippen molar-refractivity contribution in [3.8, 4) is 11.5 Å². The number of hydrogen-bond acceptors (Lipinski definition) is 6. The number of aliphatic hydroxyl groups excluding tert-OH is 2. The van der Waals surface area contributed by atoms with Gasteiger partial charge in [-0.3, -0.25) is 0 Å². The lowest BCUT2D eigenvalue weighted by atomic mass is 10.2. The van der Waals surface area contributed by atoms with E-state index in [1.807, 2.05) is 0 Å². The fraction of sp³-hybridized carbons (Fsp3) is 0.667. The third kappa shape index (κ3) is 10.2. The third-order valence-electron chi connectivity index (χ3n) is 4.07. The maximum absolute atomic E-state index is 12.0. The fourth-order valence-electron chi connectivity index (χ4n) is 2.58. The van der Waals surface area contributed by atoms with Gasteiger partial charge in [-0.15, -0.1) is 0 Å². The van der Waals surface area contributed by atoms with Crippen molar-refractivity contribution in [1.29, 1.82) is 0 Å². The van der Waals surface area contributed by atoms with Gasteiger partial charge in [0.05, 0.1) is 25.4 Å². The minimum atomic E-state index is -0.374. The van der Waals surface area contributed by atoms with Gasteiger partial charge in [-0.1, -0.05) is 12.8 Å². The molecule has 0 radical (unpaired) electrons. The molecule has 27 heavy (non-hydrogen) atoms. The van der Waals surface area contributed by atoms with Gasteiger partial charge in [0.2, 0.25) is 0 Å². The van der Waals surface area contributed by atoms with E-state index in [0.717, 1.165) is 51.4 Å². The topological polar surface area (TPSA) is 85.2 Å². The molecule has 0 bridgehead atoms. The second-order valence-electron chi connectivity index (χ2n) is 6.35. The van der Waals surface area contributed by atoms with Crippen LogP contribution in [0.4, 0.5) is 0 Å². The SMILES string of the molecule is CCOC(=O)c1ccc(OCCCCCCO)c(OCCCCCCO)c1. The van der Waals surface area contributed by atoms with Gasteiger partial charge in [-0.25, -0.2) is 4.79 Å². The molecule has 1 aromatic rings. The molecule has 0 aliphatic heterocycles. The van der Waals surface area contributed by atoms with Crippen LogP contribution in [-0.4, -0.2) is 49.2 Å². The van der Waals surface area contributed by atoms with Crippen molar-refractivity contribution in [2.75, 3.05) is 33.0 Å². The Bertz CT molecular complexity index is 517. The first-order chi connectivity index (χ1) is 13.2. The quantitative estimate of drug-likeness (QED) is 0.335. The van der Waals surface area contributed by atoms with E-state index in [2.05, 4.69) is 0 Å². The molecule has 0 saturated carbocycles. The van der Waals surface area contributed by atoms with Crippen LogP contribution >= 0.6 is 0 Å². The fourth-order valence-corrected chi connectivity index (χ4v) is 2.58. The van der Waals surface area contributed by atoms with Crippen molar-refractivity contribution in [2.45, 2.75) is 58.3 Å². The summed E-state index contributed by atoms with van der Waals surface area (Å²) in [4.78, 5) is 12.0. The summed E-state index contributed by atoms with van der Waals surface area (Å²) in [6.07, 6.45) is 7.35. The van der Waals surface area contributed by atoms with Crippen molar-refractivity contribution in [3.63, 3.8) is 0 Å². The Labute approximate surface area is 162 Å². The number of rotatable bonds is 16. The maximum Gasteiger partial charge on any atom is 0.338 e. The highest BCUT2D eigenvalue weighted by Gasteiger charge is 2.12. The van der Waals surface area contributed by atoms with E-state index in [0.29, 0.717) is 36.9 Å². The molecular weight excluding hydrogens is 348 g/mol. The van der Waals surface area contributed by atoms with E-state index >= 15 is 0 Å². The molecule has 0 aliphatic rings. The molecule has 6 nitrogen and oxygen atoms in total. The van der Waals surface area contributed by atoms with Crippen LogP contribution < -0.4 is 9.47 Å². The first-order valence-corrected chi connectivity index (χ1v) is 10.0. The normalized spacial score (nSPS) is 10.6. The summed E-state index contributed by atoms with van der Waals surface area (Å²) in [5.41, 5.74) is 0.447. The number of hydrogen-bond donors (Lipinski definition) is 2. The van der Waals surface area contributed by atoms with Crippen LogP contribution in [0, 0.1) is 0 Å². The Morgan fingerprint density at radius 1 is 0.815 bits per heavy atom. The molecular formula is C21H34O6. The highest BCUT2D eigenvalue weighted by atomic mass is 16.5. The molecule has 0 atom stereocenters. The second kappa shape index (κ2) is 15.3. The van der Waals surface area contributed by atoms with Crippen LogP contribution in [0.25, 0.3) is 0 Å². The minimum Gasteiger partial charge on any atom is -0.490 e. The molecule has 0 unspecified atom stereocenters. The van der Waals surface area contributed by atoms with E-state index in [1.54, 1.807) is 25.1 Å². The smallest absolute Gasteiger partial charge is 0.338 e. The Balaban J connectivity index is 2.59. The second-order valence-corrected chi connectivity index (χ2v) is 6.35. The molecule has 0 aromatic heterocycles. The zero-order valence-corrected chi connectivity index (χ0v) is 16.5. The molecule has 2 N–H and O–H groups in total. The van der Waals surface area contributed by atoms with Gasteiger partial charge < -0.3 is 24.4 Å². The highest BCUT2D eigenvalue weighted by Crippen LogP contribution is 2.29. The lowest BCUT2D eigenvalue weighted by molar-refractivity contribution is 0.0525. The average molecular weight is 382 g/mol. The molecule has 6 heteroatoms. The lowest BCUT2D eigenvalue weighted by Crippen LogP contribution is -2.07. The van der Waals surface area contributed by atoms with Gasteiger partial charge in [0.15, 0.2) is 11.5 Å². The molecule has 1 rings (SSSR count). The van der Waals surface area contributed by atoms with Crippen LogP contribution in [0.2, 0.25) is 0 Å². The largest absolute Gasteiger partial charge is 0.490 e. The van der Waals surface area contributed by atoms with Gasteiger partial charge in [0.1, 0.15) is 0 Å². The van der Waals surface area contributed by atoms with Crippen molar-refractivity contribution in [3.05, 3.63) is 23.8 Å². The van der Waals surface area contributed by atoms with Crippen LogP contribution in [0.1, 0.15) is 68.6 Å². The van der Waals surface area contributed by atoms with E-state index in [4.69, 9.17) is 24.4 Å². The van der Waals surface area contributed by atoms with Crippen LogP contribution in [0.3, 0.4) is 0 Å². The summed E-state index contributed by atoms with van der Waals surface area (Å²) >= 11 is 0. The summed E-state index contributed by atoms with van der Waals surface area (Å²) in [6, 6.07) is 5.11. The molecule has 0 fully saturated rings. The number of benzene rings is 1. The van der Waals surface area contributed by atoms with Crippen molar-refractivity contribution >= 4 is 5.97 Å². The summed E-state index contributed by atoms with van der Waals surface area (Å²) < 4.78 is 16.7. The van der Waals surface area contributed by atoms with Crippen LogP contribution in [0.5, 0.6) is 11.5 Å². The minimum absolute atomic E-state index is 0.221. The molecule has 0 aliphatic carbocycles. The number of unbranched alkanes of at least 4 members (excludes halogenated alkanes) is 6. The first kappa shape index (κ1) is 23.2. The first-order valence-electron chi connectivity index (χ1n) is 10.0. The average Bonchev–Trinajstić information content (AvgIpc) is 2.68. The Kier molecular flexibility index (Phi) is 13.2. The Hall–Kier alpha value is -1.79. The third-order valence-corrected chi connectivity index (χ3v) is 4.07. The molecule has 0 spiro atoms. The molecule has 0 saturated heterocycles. The predicted octanol–water partition coefficient (Wildman–Crippen LogP) is 3.73. The molecule has 1 aromatic carbocycles. The van der Waals surface area contributed by atoms with E-state index in [1.165, 1.54) is 0 Å². The van der Waals surface area contributed by atoms with Crippen LogP contribution in [-0.2, 0) is 4.74 Å². The van der Waals surface area contributed by atoms with Crippen molar-refractivity contribution in [2.24, 2.45) is 0 Å². The Morgan fingerprint density at radius 2 is 1.37 bits per heavy atom. The zero-order chi connectivity index (χ0) is 19.7. The summed E-state index contributed by atoms with van der Waals surface area (Å²) in [6.45, 7) is 3.65. The summed E-state index contributed by atoms with van der Waals surface area (Å²) in [5, 5.41) is 17.6. The molecule has 0 heterocycles. The van der Waals surface area contributed by atoms with Gasteiger partial charge >= 0.3 is 5.97 Å². The zero-order valence-electron chi connectivity index (χ0n) is 16.5. The summed E-state index contributed by atoms with van der Waals surface area (Å²) in [5.74, 6) is 0.805. The molecule has 154 valence electrons. The summed E-state index contributed by atoms with van der Waals surface area (Å²) in [7, 11) is 0. The Morgan fingerprint density at radius 3 is 1.93 bits per heavy atom. The van der Waals surface area contributed by atoms with Crippen LogP contribution in [0.15, 0.2) is 18.2 Å². The van der Waals surface area contributed by atoms with Crippen molar-refractivity contribution < 1.29 is 29.2 Å². The number of carbonyl (C=O) groups is 1. The van der Waals surface area contributed by atoms with Gasteiger partial charge in [0, 0.05) is 13.2 Å². The predicted molar refractivity (Wildman–Crippen MR) is 104 cm³/mol. The molecule has 0 amide bonds. The van der Waals surface area contributed by atoms with Gasteiger partial charge in [-0.2, -0.15) is 0 Å². The number of esters is 1. The van der Waals surface area contributed by atoms with E-state index in [-0.39, 0.29) is 19.2 Å². The maximum atomic E-state index is 12.0. The lowest BCUT2D eigenvalue weighted by Gasteiger charge is -2.14. The van der Waals surface area contributed by atoms with E-state index in [9.17, 15) is 4.79 Å². The van der Waals surface area contributed by atoms with E-state index < -0.39 is 0 Å². The highest BCUT2D eigenvalue weighted by molar-refractivity contribution is 5.90. The van der Waals surface area contributed by atoms with Crippen molar-refractivity contribution in [1.82, 2.24) is 0 Å². The number of carbonyl (C=O) groups excluding carboxylic acids is 1. The van der Waals surface area contributed by atoms with Gasteiger partial charge in [-0.05, 0) is 63.6 Å².